The number of likely N-dealkylation sites (tertiary alicyclic amines) is 1. The van der Waals surface area contributed by atoms with E-state index in [1.165, 1.54) is 12.0 Å². The molecule has 22 heavy (non-hydrogen) atoms. The SMILES string of the molecule is Cc1n[nH]c([C@H]2C[C@@H]3CCN(Cc4cccnc4)C[C@H]3O2)n1. The summed E-state index contributed by atoms with van der Waals surface area (Å²) in [5.74, 6) is 2.30. The van der Waals surface area contributed by atoms with Gasteiger partial charge in [0.1, 0.15) is 11.9 Å². The predicted molar refractivity (Wildman–Crippen MR) is 81.0 cm³/mol. The first-order valence-electron chi connectivity index (χ1n) is 7.93. The third kappa shape index (κ3) is 2.76. The summed E-state index contributed by atoms with van der Waals surface area (Å²) < 4.78 is 6.24. The van der Waals surface area contributed by atoms with Gasteiger partial charge in [-0.2, -0.15) is 5.10 Å². The van der Waals surface area contributed by atoms with E-state index in [4.69, 9.17) is 4.74 Å². The standard InChI is InChI=1S/C16H21N5O/c1-11-18-16(20-19-11)14-7-13-4-6-21(10-15(13)22-14)9-12-3-2-5-17-8-12/h2-3,5,8,13-15H,4,6-7,9-10H2,1H3,(H,18,19,20)/t13-,14+,15+/m0/s1. The third-order valence-corrected chi connectivity index (χ3v) is 4.68. The molecule has 2 aromatic heterocycles. The summed E-state index contributed by atoms with van der Waals surface area (Å²) in [6.07, 6.45) is 6.39. The number of piperidine rings is 1. The topological polar surface area (TPSA) is 66.9 Å². The molecule has 2 aromatic rings. The Morgan fingerprint density at radius 3 is 3.18 bits per heavy atom. The first-order chi connectivity index (χ1) is 10.8. The molecule has 0 aromatic carbocycles. The van der Waals surface area contributed by atoms with Crippen molar-refractivity contribution in [3.63, 3.8) is 0 Å². The number of aryl methyl sites for hydroxylation is 1. The molecule has 0 bridgehead atoms. The van der Waals surface area contributed by atoms with Crippen molar-refractivity contribution < 1.29 is 4.74 Å². The number of ether oxygens (including phenoxy) is 1. The summed E-state index contributed by atoms with van der Waals surface area (Å²) in [5.41, 5.74) is 1.27. The van der Waals surface area contributed by atoms with Crippen molar-refractivity contribution in [2.75, 3.05) is 13.1 Å². The van der Waals surface area contributed by atoms with Crippen LogP contribution in [0.25, 0.3) is 0 Å². The number of hydrogen-bond acceptors (Lipinski definition) is 5. The van der Waals surface area contributed by atoms with E-state index in [0.717, 1.165) is 37.7 Å². The molecule has 2 aliphatic heterocycles. The van der Waals surface area contributed by atoms with Gasteiger partial charge in [-0.1, -0.05) is 6.07 Å². The highest BCUT2D eigenvalue weighted by Gasteiger charge is 2.40. The van der Waals surface area contributed by atoms with E-state index in [-0.39, 0.29) is 6.10 Å². The van der Waals surface area contributed by atoms with Crippen LogP contribution in [0, 0.1) is 12.8 Å². The van der Waals surface area contributed by atoms with Crippen LogP contribution in [-0.2, 0) is 11.3 Å². The summed E-state index contributed by atoms with van der Waals surface area (Å²) in [6, 6.07) is 4.13. The zero-order valence-electron chi connectivity index (χ0n) is 12.8. The Balaban J connectivity index is 1.39. The van der Waals surface area contributed by atoms with Crippen LogP contribution in [0.5, 0.6) is 0 Å². The highest BCUT2D eigenvalue weighted by Crippen LogP contribution is 2.40. The first kappa shape index (κ1) is 13.8. The Kier molecular flexibility index (Phi) is 3.63. The molecule has 2 aliphatic rings. The molecule has 3 atom stereocenters. The van der Waals surface area contributed by atoms with Crippen LogP contribution < -0.4 is 0 Å². The fraction of sp³-hybridized carbons (Fsp3) is 0.562. The van der Waals surface area contributed by atoms with Crippen LogP contribution in [0.4, 0.5) is 0 Å². The Hall–Kier alpha value is -1.79. The molecule has 0 amide bonds. The van der Waals surface area contributed by atoms with E-state index < -0.39 is 0 Å². The predicted octanol–water partition coefficient (Wildman–Crippen LogP) is 1.86. The maximum atomic E-state index is 6.24. The fourth-order valence-electron chi connectivity index (χ4n) is 3.57. The molecular weight excluding hydrogens is 278 g/mol. The van der Waals surface area contributed by atoms with Crippen molar-refractivity contribution in [1.82, 2.24) is 25.1 Å². The van der Waals surface area contributed by atoms with Gasteiger partial charge in [0.05, 0.1) is 6.10 Å². The lowest BCUT2D eigenvalue weighted by Gasteiger charge is -2.33. The van der Waals surface area contributed by atoms with E-state index >= 15 is 0 Å². The molecule has 116 valence electrons. The van der Waals surface area contributed by atoms with Crippen molar-refractivity contribution >= 4 is 0 Å². The number of hydrogen-bond donors (Lipinski definition) is 1. The van der Waals surface area contributed by atoms with Gasteiger partial charge in [0, 0.05) is 25.5 Å². The summed E-state index contributed by atoms with van der Waals surface area (Å²) >= 11 is 0. The Morgan fingerprint density at radius 1 is 1.45 bits per heavy atom. The van der Waals surface area contributed by atoms with Crippen molar-refractivity contribution in [1.29, 1.82) is 0 Å². The van der Waals surface area contributed by atoms with Crippen LogP contribution in [0.1, 0.15) is 36.2 Å². The smallest absolute Gasteiger partial charge is 0.153 e. The summed E-state index contributed by atoms with van der Waals surface area (Å²) in [4.78, 5) is 11.1. The van der Waals surface area contributed by atoms with Gasteiger partial charge in [0.2, 0.25) is 0 Å². The van der Waals surface area contributed by atoms with E-state index in [1.807, 2.05) is 25.4 Å². The molecule has 0 spiro atoms. The van der Waals surface area contributed by atoms with Crippen LogP contribution >= 0.6 is 0 Å². The lowest BCUT2D eigenvalue weighted by atomic mass is 9.91. The number of H-pyrrole nitrogens is 1. The van der Waals surface area contributed by atoms with Gasteiger partial charge in [0.15, 0.2) is 5.82 Å². The second-order valence-corrected chi connectivity index (χ2v) is 6.31. The number of fused-ring (bicyclic) bond motifs is 1. The minimum absolute atomic E-state index is 0.0783. The molecule has 0 aliphatic carbocycles. The first-order valence-corrected chi connectivity index (χ1v) is 7.93. The third-order valence-electron chi connectivity index (χ3n) is 4.68. The lowest BCUT2D eigenvalue weighted by molar-refractivity contribution is -0.0119. The molecule has 0 radical (unpaired) electrons. The molecule has 0 saturated carbocycles. The van der Waals surface area contributed by atoms with Gasteiger partial charge >= 0.3 is 0 Å². The van der Waals surface area contributed by atoms with Crippen LogP contribution in [0.15, 0.2) is 24.5 Å². The van der Waals surface area contributed by atoms with E-state index in [2.05, 4.69) is 31.1 Å². The fourth-order valence-corrected chi connectivity index (χ4v) is 3.57. The zero-order valence-corrected chi connectivity index (χ0v) is 12.8. The number of aromatic amines is 1. The summed E-state index contributed by atoms with van der Waals surface area (Å²) in [6.45, 7) is 4.97. The van der Waals surface area contributed by atoms with E-state index in [1.54, 1.807) is 0 Å². The zero-order chi connectivity index (χ0) is 14.9. The largest absolute Gasteiger partial charge is 0.365 e. The summed E-state index contributed by atoms with van der Waals surface area (Å²) in [5, 5.41) is 7.12. The Labute approximate surface area is 129 Å². The van der Waals surface area contributed by atoms with Gasteiger partial charge in [-0.05, 0) is 43.9 Å². The highest BCUT2D eigenvalue weighted by molar-refractivity contribution is 5.09. The van der Waals surface area contributed by atoms with E-state index in [9.17, 15) is 0 Å². The van der Waals surface area contributed by atoms with Crippen LogP contribution in [0.2, 0.25) is 0 Å². The molecule has 2 fully saturated rings. The molecule has 6 heteroatoms. The Bertz CT molecular complexity index is 628. The van der Waals surface area contributed by atoms with Gasteiger partial charge in [-0.3, -0.25) is 15.0 Å². The molecule has 2 saturated heterocycles. The van der Waals surface area contributed by atoms with E-state index in [0.29, 0.717) is 12.0 Å². The molecular formula is C16H21N5O. The minimum atomic E-state index is 0.0783. The van der Waals surface area contributed by atoms with Crippen molar-refractivity contribution in [2.24, 2.45) is 5.92 Å². The Morgan fingerprint density at radius 2 is 2.41 bits per heavy atom. The van der Waals surface area contributed by atoms with Crippen molar-refractivity contribution in [3.8, 4) is 0 Å². The highest BCUT2D eigenvalue weighted by atomic mass is 16.5. The van der Waals surface area contributed by atoms with Crippen LogP contribution in [-0.4, -0.2) is 44.3 Å². The van der Waals surface area contributed by atoms with Crippen molar-refractivity contribution in [2.45, 2.75) is 38.5 Å². The summed E-state index contributed by atoms with van der Waals surface area (Å²) in [7, 11) is 0. The average Bonchev–Trinajstić information content (AvgIpc) is 3.14. The van der Waals surface area contributed by atoms with Crippen LogP contribution in [0.3, 0.4) is 0 Å². The quantitative estimate of drug-likeness (QED) is 0.937. The average molecular weight is 299 g/mol. The van der Waals surface area contributed by atoms with Gasteiger partial charge < -0.3 is 4.74 Å². The number of nitrogens with zero attached hydrogens (tertiary/aromatic N) is 4. The van der Waals surface area contributed by atoms with Gasteiger partial charge in [0.25, 0.3) is 0 Å². The number of aromatic nitrogens is 4. The van der Waals surface area contributed by atoms with Crippen molar-refractivity contribution in [3.05, 3.63) is 41.7 Å². The molecule has 4 heterocycles. The maximum absolute atomic E-state index is 6.24. The second kappa shape index (κ2) is 5.78. The molecule has 4 rings (SSSR count). The lowest BCUT2D eigenvalue weighted by Crippen LogP contribution is -2.41. The second-order valence-electron chi connectivity index (χ2n) is 6.31. The monoisotopic (exact) mass is 299 g/mol. The molecule has 0 unspecified atom stereocenters. The number of rotatable bonds is 3. The molecule has 1 N–H and O–H groups in total. The maximum Gasteiger partial charge on any atom is 0.153 e. The minimum Gasteiger partial charge on any atom is -0.365 e. The van der Waals surface area contributed by atoms with Gasteiger partial charge in [-0.15, -0.1) is 0 Å². The molecule has 6 nitrogen and oxygen atoms in total. The number of pyridine rings is 1. The van der Waals surface area contributed by atoms with Gasteiger partial charge in [-0.25, -0.2) is 4.98 Å². The number of nitrogens with one attached hydrogen (secondary N) is 1. The normalized spacial score (nSPS) is 28.7.